The van der Waals surface area contributed by atoms with Gasteiger partial charge in [-0.15, -0.1) is 0 Å². The number of aryl methyl sites for hydroxylation is 2. The number of rotatable bonds is 6. The molecule has 0 aliphatic carbocycles. The van der Waals surface area contributed by atoms with Crippen molar-refractivity contribution in [2.45, 2.75) is 13.8 Å². The summed E-state index contributed by atoms with van der Waals surface area (Å²) in [6.07, 6.45) is 0. The number of amides is 2. The zero-order valence-corrected chi connectivity index (χ0v) is 22.2. The van der Waals surface area contributed by atoms with Crippen LogP contribution in [0.1, 0.15) is 31.8 Å². The van der Waals surface area contributed by atoms with Crippen molar-refractivity contribution in [1.29, 1.82) is 0 Å². The Balaban J connectivity index is 1.34. The molecule has 4 rings (SSSR count). The van der Waals surface area contributed by atoms with E-state index in [1.807, 2.05) is 26.0 Å². The molecular weight excluding hydrogens is 572 g/mol. The first kappa shape index (κ1) is 24.7. The third-order valence-corrected chi connectivity index (χ3v) is 7.04. The number of ether oxygens (including phenoxy) is 1. The highest BCUT2D eigenvalue weighted by Crippen LogP contribution is 2.26. The molecule has 0 heterocycles. The monoisotopic (exact) mass is 592 g/mol. The van der Waals surface area contributed by atoms with Crippen LogP contribution < -0.4 is 15.4 Å². The normalized spacial score (nSPS) is 10.5. The maximum absolute atomic E-state index is 12.5. The van der Waals surface area contributed by atoms with Gasteiger partial charge in [0.25, 0.3) is 11.8 Å². The number of anilines is 2. The molecule has 0 aromatic heterocycles. The molecule has 2 amide bonds. The molecule has 0 bridgehead atoms. The van der Waals surface area contributed by atoms with E-state index in [2.05, 4.69) is 42.5 Å². The number of carbonyl (C=O) groups is 2. The fraction of sp³-hybridized carbons (Fsp3) is 0.0714. The Morgan fingerprint density at radius 1 is 0.600 bits per heavy atom. The molecule has 7 heteroatoms. The molecule has 0 fully saturated rings. The molecular formula is C28H22Br2N2O3. The van der Waals surface area contributed by atoms with E-state index in [1.54, 1.807) is 72.8 Å². The maximum atomic E-state index is 12.5. The van der Waals surface area contributed by atoms with Crippen molar-refractivity contribution in [3.8, 4) is 11.5 Å². The Hall–Kier alpha value is -3.42. The van der Waals surface area contributed by atoms with Crippen LogP contribution in [0.5, 0.6) is 11.5 Å². The van der Waals surface area contributed by atoms with Crippen molar-refractivity contribution in [3.63, 3.8) is 0 Å². The Morgan fingerprint density at radius 2 is 0.971 bits per heavy atom. The molecule has 176 valence electrons. The standard InChI is InChI=1S/C28H22Br2N2O3/c1-17-3-5-19(15-25(17)29)27(33)31-21-7-11-23(12-8-21)35-24-13-9-22(10-14-24)32-28(34)20-6-4-18(2)26(30)16-20/h3-16H,1-2H3,(H,31,33)(H,32,34). The highest BCUT2D eigenvalue weighted by Gasteiger charge is 2.10. The fourth-order valence-electron chi connectivity index (χ4n) is 3.22. The van der Waals surface area contributed by atoms with Gasteiger partial charge in [-0.25, -0.2) is 0 Å². The summed E-state index contributed by atoms with van der Waals surface area (Å²) < 4.78 is 7.67. The summed E-state index contributed by atoms with van der Waals surface area (Å²) in [7, 11) is 0. The van der Waals surface area contributed by atoms with Crippen LogP contribution >= 0.6 is 31.9 Å². The van der Waals surface area contributed by atoms with E-state index in [0.29, 0.717) is 34.0 Å². The zero-order valence-electron chi connectivity index (χ0n) is 19.1. The van der Waals surface area contributed by atoms with Gasteiger partial charge in [0.1, 0.15) is 11.5 Å². The van der Waals surface area contributed by atoms with Gasteiger partial charge in [0, 0.05) is 31.4 Å². The van der Waals surface area contributed by atoms with Crippen LogP contribution in [0.2, 0.25) is 0 Å². The Kier molecular flexibility index (Phi) is 7.68. The molecule has 35 heavy (non-hydrogen) atoms. The van der Waals surface area contributed by atoms with Crippen LogP contribution in [0.15, 0.2) is 93.9 Å². The van der Waals surface area contributed by atoms with Gasteiger partial charge in [0.05, 0.1) is 0 Å². The second kappa shape index (κ2) is 10.9. The topological polar surface area (TPSA) is 67.4 Å². The summed E-state index contributed by atoms with van der Waals surface area (Å²) >= 11 is 6.91. The van der Waals surface area contributed by atoms with Gasteiger partial charge in [0.2, 0.25) is 0 Å². The predicted octanol–water partition coefficient (Wildman–Crippen LogP) is 8.13. The molecule has 5 nitrogen and oxygen atoms in total. The van der Waals surface area contributed by atoms with Crippen molar-refractivity contribution < 1.29 is 14.3 Å². The number of hydrogen-bond donors (Lipinski definition) is 2. The van der Waals surface area contributed by atoms with Gasteiger partial charge in [0.15, 0.2) is 0 Å². The Bertz CT molecular complexity index is 1280. The first-order valence-electron chi connectivity index (χ1n) is 10.8. The minimum Gasteiger partial charge on any atom is -0.457 e. The van der Waals surface area contributed by atoms with E-state index in [1.165, 1.54) is 0 Å². The van der Waals surface area contributed by atoms with Gasteiger partial charge in [-0.05, 0) is 97.8 Å². The summed E-state index contributed by atoms with van der Waals surface area (Å²) in [6.45, 7) is 3.94. The molecule has 0 saturated heterocycles. The first-order valence-corrected chi connectivity index (χ1v) is 12.4. The van der Waals surface area contributed by atoms with Crippen molar-refractivity contribution in [2.75, 3.05) is 10.6 Å². The lowest BCUT2D eigenvalue weighted by molar-refractivity contribution is 0.101. The zero-order chi connectivity index (χ0) is 24.9. The SMILES string of the molecule is Cc1ccc(C(=O)Nc2ccc(Oc3ccc(NC(=O)c4ccc(C)c(Br)c4)cc3)cc2)cc1Br. The van der Waals surface area contributed by atoms with Gasteiger partial charge < -0.3 is 15.4 Å². The van der Waals surface area contributed by atoms with Crippen LogP contribution in [-0.4, -0.2) is 11.8 Å². The lowest BCUT2D eigenvalue weighted by Gasteiger charge is -2.10. The van der Waals surface area contributed by atoms with Crippen molar-refractivity contribution in [3.05, 3.63) is 116 Å². The quantitative estimate of drug-likeness (QED) is 0.237. The molecule has 0 atom stereocenters. The summed E-state index contributed by atoms with van der Waals surface area (Å²) in [5.74, 6) is 0.884. The van der Waals surface area contributed by atoms with Gasteiger partial charge in [-0.2, -0.15) is 0 Å². The number of carbonyl (C=O) groups excluding carboxylic acids is 2. The molecule has 4 aromatic carbocycles. The van der Waals surface area contributed by atoms with Crippen LogP contribution in [0.25, 0.3) is 0 Å². The highest BCUT2D eigenvalue weighted by atomic mass is 79.9. The second-order valence-electron chi connectivity index (χ2n) is 7.99. The molecule has 4 aromatic rings. The molecule has 0 aliphatic rings. The van der Waals surface area contributed by atoms with Crippen LogP contribution in [-0.2, 0) is 0 Å². The Labute approximate surface area is 220 Å². The van der Waals surface area contributed by atoms with Gasteiger partial charge in [-0.3, -0.25) is 9.59 Å². The van der Waals surface area contributed by atoms with E-state index in [-0.39, 0.29) is 11.8 Å². The lowest BCUT2D eigenvalue weighted by Crippen LogP contribution is -2.12. The molecule has 0 spiro atoms. The first-order chi connectivity index (χ1) is 16.8. The van der Waals surface area contributed by atoms with Gasteiger partial charge >= 0.3 is 0 Å². The van der Waals surface area contributed by atoms with Crippen LogP contribution in [0.4, 0.5) is 11.4 Å². The molecule has 0 radical (unpaired) electrons. The molecule has 0 unspecified atom stereocenters. The number of halogens is 2. The average Bonchev–Trinajstić information content (AvgIpc) is 2.85. The van der Waals surface area contributed by atoms with Crippen LogP contribution in [0, 0.1) is 13.8 Å². The maximum Gasteiger partial charge on any atom is 0.255 e. The van der Waals surface area contributed by atoms with E-state index < -0.39 is 0 Å². The van der Waals surface area contributed by atoms with E-state index in [4.69, 9.17) is 4.74 Å². The number of hydrogen-bond acceptors (Lipinski definition) is 3. The van der Waals surface area contributed by atoms with Crippen molar-refractivity contribution in [2.24, 2.45) is 0 Å². The summed E-state index contributed by atoms with van der Waals surface area (Å²) in [5, 5.41) is 5.77. The van der Waals surface area contributed by atoms with E-state index in [9.17, 15) is 9.59 Å². The summed E-state index contributed by atoms with van der Waals surface area (Å²) in [6, 6.07) is 25.2. The highest BCUT2D eigenvalue weighted by molar-refractivity contribution is 9.10. The average molecular weight is 594 g/mol. The smallest absolute Gasteiger partial charge is 0.255 e. The van der Waals surface area contributed by atoms with E-state index in [0.717, 1.165) is 20.1 Å². The predicted molar refractivity (Wildman–Crippen MR) is 147 cm³/mol. The summed E-state index contributed by atoms with van der Waals surface area (Å²) in [4.78, 5) is 25.0. The largest absolute Gasteiger partial charge is 0.457 e. The van der Waals surface area contributed by atoms with E-state index >= 15 is 0 Å². The van der Waals surface area contributed by atoms with Crippen molar-refractivity contribution >= 4 is 55.0 Å². The third kappa shape index (κ3) is 6.38. The summed E-state index contributed by atoms with van der Waals surface area (Å²) in [5.41, 5.74) is 4.62. The molecule has 0 saturated carbocycles. The van der Waals surface area contributed by atoms with Gasteiger partial charge in [-0.1, -0.05) is 44.0 Å². The minimum absolute atomic E-state index is 0.185. The fourth-order valence-corrected chi connectivity index (χ4v) is 3.98. The van der Waals surface area contributed by atoms with Crippen LogP contribution in [0.3, 0.4) is 0 Å². The lowest BCUT2D eigenvalue weighted by atomic mass is 10.1. The number of nitrogens with one attached hydrogen (secondary N) is 2. The Morgan fingerprint density at radius 3 is 1.31 bits per heavy atom. The molecule has 0 aliphatic heterocycles. The minimum atomic E-state index is -0.185. The molecule has 2 N–H and O–H groups in total. The number of benzene rings is 4. The third-order valence-electron chi connectivity index (χ3n) is 5.33. The second-order valence-corrected chi connectivity index (χ2v) is 9.70. The van der Waals surface area contributed by atoms with Crippen molar-refractivity contribution in [1.82, 2.24) is 0 Å².